The van der Waals surface area contributed by atoms with E-state index in [-0.39, 0.29) is 17.7 Å². The summed E-state index contributed by atoms with van der Waals surface area (Å²) in [6.45, 7) is 9.07. The molecule has 1 fully saturated rings. The molecule has 0 unspecified atom stereocenters. The molecule has 0 atom stereocenters. The molecule has 0 radical (unpaired) electrons. The first kappa shape index (κ1) is 22.1. The molecule has 1 aliphatic heterocycles. The number of carbonyl (C=O) groups excluding carboxylic acids is 2. The van der Waals surface area contributed by atoms with Gasteiger partial charge in [0.05, 0.1) is 5.56 Å². The molecule has 3 rings (SSSR count). The van der Waals surface area contributed by atoms with E-state index in [0.29, 0.717) is 13.1 Å². The topological polar surface area (TPSA) is 54.3 Å². The van der Waals surface area contributed by atoms with Crippen LogP contribution in [0.1, 0.15) is 66.3 Å². The summed E-state index contributed by atoms with van der Waals surface area (Å²) in [4.78, 5) is 27.4. The van der Waals surface area contributed by atoms with Crippen LogP contribution in [0.2, 0.25) is 0 Å². The normalized spacial score (nSPS) is 14.7. The van der Waals surface area contributed by atoms with Crippen LogP contribution in [-0.2, 0) is 11.3 Å². The first-order valence-corrected chi connectivity index (χ1v) is 11.3. The molecule has 5 heteroatoms. The fourth-order valence-corrected chi connectivity index (χ4v) is 4.27. The SMILES string of the molecule is CCCCCNC(=O)C1CCN(C(=O)c2cc(C)n(Cc3ccccc3)c2C)CC1. The monoisotopic (exact) mass is 409 g/mol. The lowest BCUT2D eigenvalue weighted by molar-refractivity contribution is -0.126. The summed E-state index contributed by atoms with van der Waals surface area (Å²) in [6.07, 6.45) is 4.83. The van der Waals surface area contributed by atoms with E-state index in [1.165, 1.54) is 5.56 Å². The average molecular weight is 410 g/mol. The standard InChI is InChI=1S/C25H35N3O2/c1-4-5-9-14-26-24(29)22-12-15-27(16-13-22)25(30)23-17-19(2)28(20(23)3)18-21-10-7-6-8-11-21/h6-8,10-11,17,22H,4-5,9,12-16,18H2,1-3H3,(H,26,29). The highest BCUT2D eigenvalue weighted by Crippen LogP contribution is 2.23. The molecule has 1 N–H and O–H groups in total. The summed E-state index contributed by atoms with van der Waals surface area (Å²) in [5.74, 6) is 0.268. The predicted molar refractivity (Wildman–Crippen MR) is 121 cm³/mol. The maximum atomic E-state index is 13.2. The minimum Gasteiger partial charge on any atom is -0.356 e. The predicted octanol–water partition coefficient (Wildman–Crippen LogP) is 4.31. The van der Waals surface area contributed by atoms with Crippen molar-refractivity contribution in [2.45, 2.75) is 59.4 Å². The molecule has 30 heavy (non-hydrogen) atoms. The van der Waals surface area contributed by atoms with Crippen LogP contribution in [0.4, 0.5) is 0 Å². The van der Waals surface area contributed by atoms with Gasteiger partial charge in [0.1, 0.15) is 0 Å². The second-order valence-electron chi connectivity index (χ2n) is 8.42. The summed E-state index contributed by atoms with van der Waals surface area (Å²) in [5, 5.41) is 3.06. The fourth-order valence-electron chi connectivity index (χ4n) is 4.27. The van der Waals surface area contributed by atoms with Gasteiger partial charge in [-0.25, -0.2) is 0 Å². The number of hydrogen-bond donors (Lipinski definition) is 1. The van der Waals surface area contributed by atoms with Crippen LogP contribution in [0.5, 0.6) is 0 Å². The number of likely N-dealkylation sites (tertiary alicyclic amines) is 1. The Bertz CT molecular complexity index is 849. The third-order valence-corrected chi connectivity index (χ3v) is 6.22. The number of nitrogens with one attached hydrogen (secondary N) is 1. The van der Waals surface area contributed by atoms with Gasteiger partial charge in [0.25, 0.3) is 5.91 Å². The van der Waals surface area contributed by atoms with Gasteiger partial charge >= 0.3 is 0 Å². The molecule has 0 saturated carbocycles. The maximum Gasteiger partial charge on any atom is 0.255 e. The number of amides is 2. The van der Waals surface area contributed by atoms with Gasteiger partial charge in [-0.15, -0.1) is 0 Å². The second-order valence-corrected chi connectivity index (χ2v) is 8.42. The van der Waals surface area contributed by atoms with Crippen LogP contribution in [-0.4, -0.2) is 40.9 Å². The Labute approximate surface area is 180 Å². The zero-order chi connectivity index (χ0) is 21.5. The van der Waals surface area contributed by atoms with Crippen molar-refractivity contribution < 1.29 is 9.59 Å². The number of rotatable bonds is 8. The molecule has 1 aromatic carbocycles. The van der Waals surface area contributed by atoms with Crippen molar-refractivity contribution in [3.8, 4) is 0 Å². The van der Waals surface area contributed by atoms with Crippen molar-refractivity contribution in [3.63, 3.8) is 0 Å². The number of hydrogen-bond acceptors (Lipinski definition) is 2. The van der Waals surface area contributed by atoms with Crippen LogP contribution in [0.3, 0.4) is 0 Å². The van der Waals surface area contributed by atoms with E-state index in [4.69, 9.17) is 0 Å². The molecule has 0 bridgehead atoms. The summed E-state index contributed by atoms with van der Waals surface area (Å²) in [6, 6.07) is 12.3. The van der Waals surface area contributed by atoms with Gasteiger partial charge in [-0.1, -0.05) is 50.1 Å². The lowest BCUT2D eigenvalue weighted by Gasteiger charge is -2.31. The van der Waals surface area contributed by atoms with E-state index >= 15 is 0 Å². The Balaban J connectivity index is 1.58. The molecule has 2 heterocycles. The summed E-state index contributed by atoms with van der Waals surface area (Å²) >= 11 is 0. The molecule has 162 valence electrons. The quantitative estimate of drug-likeness (QED) is 0.661. The highest BCUT2D eigenvalue weighted by atomic mass is 16.2. The van der Waals surface area contributed by atoms with Crippen molar-refractivity contribution in [2.75, 3.05) is 19.6 Å². The van der Waals surface area contributed by atoms with Crippen molar-refractivity contribution >= 4 is 11.8 Å². The van der Waals surface area contributed by atoms with Gasteiger partial charge in [0, 0.05) is 43.5 Å². The Morgan fingerprint density at radius 3 is 2.43 bits per heavy atom. The van der Waals surface area contributed by atoms with Gasteiger partial charge in [0.2, 0.25) is 5.91 Å². The zero-order valence-electron chi connectivity index (χ0n) is 18.6. The first-order chi connectivity index (χ1) is 14.5. The Kier molecular flexibility index (Phi) is 7.72. The van der Waals surface area contributed by atoms with Crippen molar-refractivity contribution in [1.29, 1.82) is 0 Å². The van der Waals surface area contributed by atoms with E-state index in [1.807, 2.05) is 36.1 Å². The van der Waals surface area contributed by atoms with E-state index in [9.17, 15) is 9.59 Å². The number of aryl methyl sites for hydroxylation is 1. The van der Waals surface area contributed by atoms with Gasteiger partial charge in [0.15, 0.2) is 0 Å². The van der Waals surface area contributed by atoms with E-state index < -0.39 is 0 Å². The summed E-state index contributed by atoms with van der Waals surface area (Å²) in [5.41, 5.74) is 4.12. The lowest BCUT2D eigenvalue weighted by Crippen LogP contribution is -2.43. The number of nitrogens with zero attached hydrogens (tertiary/aromatic N) is 2. The third-order valence-electron chi connectivity index (χ3n) is 6.22. The molecule has 0 aliphatic carbocycles. The zero-order valence-corrected chi connectivity index (χ0v) is 18.6. The summed E-state index contributed by atoms with van der Waals surface area (Å²) in [7, 11) is 0. The Hall–Kier alpha value is -2.56. The van der Waals surface area contributed by atoms with Crippen molar-refractivity contribution in [1.82, 2.24) is 14.8 Å². The number of aromatic nitrogens is 1. The molecule has 5 nitrogen and oxygen atoms in total. The van der Waals surface area contributed by atoms with Crippen LogP contribution >= 0.6 is 0 Å². The average Bonchev–Trinajstić information content (AvgIpc) is 3.05. The second kappa shape index (κ2) is 10.5. The molecule has 1 aromatic heterocycles. The molecule has 1 aliphatic rings. The molecular formula is C25H35N3O2. The Morgan fingerprint density at radius 1 is 1.07 bits per heavy atom. The maximum absolute atomic E-state index is 13.2. The van der Waals surface area contributed by atoms with Crippen LogP contribution in [0.25, 0.3) is 0 Å². The van der Waals surface area contributed by atoms with Crippen molar-refractivity contribution in [3.05, 3.63) is 58.9 Å². The number of piperidine rings is 1. The number of benzene rings is 1. The highest BCUT2D eigenvalue weighted by molar-refractivity contribution is 5.96. The highest BCUT2D eigenvalue weighted by Gasteiger charge is 2.29. The molecule has 2 amide bonds. The first-order valence-electron chi connectivity index (χ1n) is 11.3. The minimum atomic E-state index is 0.0289. The molecule has 1 saturated heterocycles. The van der Waals surface area contributed by atoms with E-state index in [2.05, 4.69) is 35.9 Å². The number of carbonyl (C=O) groups is 2. The van der Waals surface area contributed by atoms with Gasteiger partial charge in [-0.3, -0.25) is 9.59 Å². The van der Waals surface area contributed by atoms with Crippen LogP contribution in [0, 0.1) is 19.8 Å². The third kappa shape index (κ3) is 5.32. The fraction of sp³-hybridized carbons (Fsp3) is 0.520. The van der Waals surface area contributed by atoms with Gasteiger partial charge in [-0.2, -0.15) is 0 Å². The van der Waals surface area contributed by atoms with Crippen LogP contribution in [0.15, 0.2) is 36.4 Å². The van der Waals surface area contributed by atoms with Gasteiger partial charge < -0.3 is 14.8 Å². The van der Waals surface area contributed by atoms with E-state index in [1.54, 1.807) is 0 Å². The smallest absolute Gasteiger partial charge is 0.255 e. The largest absolute Gasteiger partial charge is 0.356 e. The minimum absolute atomic E-state index is 0.0289. The molecule has 2 aromatic rings. The van der Waals surface area contributed by atoms with E-state index in [0.717, 1.165) is 62.1 Å². The van der Waals surface area contributed by atoms with Crippen LogP contribution < -0.4 is 5.32 Å². The molecule has 0 spiro atoms. The van der Waals surface area contributed by atoms with Gasteiger partial charge in [-0.05, 0) is 44.7 Å². The summed E-state index contributed by atoms with van der Waals surface area (Å²) < 4.78 is 2.21. The number of unbranched alkanes of at least 4 members (excludes halogenated alkanes) is 2. The van der Waals surface area contributed by atoms with Crippen molar-refractivity contribution in [2.24, 2.45) is 5.92 Å². The lowest BCUT2D eigenvalue weighted by atomic mass is 9.95. The Morgan fingerprint density at radius 2 is 1.77 bits per heavy atom. The molecular weight excluding hydrogens is 374 g/mol.